The summed E-state index contributed by atoms with van der Waals surface area (Å²) in [6.07, 6.45) is 9.28. The molecular weight excluding hydrogens is 308 g/mol. The highest BCUT2D eigenvalue weighted by Gasteiger charge is 2.34. The van der Waals surface area contributed by atoms with E-state index in [9.17, 15) is 8.78 Å². The Labute approximate surface area is 143 Å². The van der Waals surface area contributed by atoms with Crippen molar-refractivity contribution in [3.8, 4) is 5.88 Å². The molecule has 2 saturated carbocycles. The number of hydrogen-bond acceptors (Lipinski definition) is 2. The molecule has 2 fully saturated rings. The van der Waals surface area contributed by atoms with Gasteiger partial charge in [-0.1, -0.05) is 18.9 Å². The Bertz CT molecular complexity index is 574. The fraction of sp³-hybridized carbons (Fsp3) is 0.650. The number of halogens is 2. The molecule has 0 amide bonds. The van der Waals surface area contributed by atoms with Gasteiger partial charge < -0.3 is 4.74 Å². The van der Waals surface area contributed by atoms with Crippen LogP contribution in [0.4, 0.5) is 8.78 Å². The highest BCUT2D eigenvalue weighted by atomic mass is 19.3. The van der Waals surface area contributed by atoms with E-state index in [0.717, 1.165) is 49.8 Å². The third-order valence-electron chi connectivity index (χ3n) is 5.24. The van der Waals surface area contributed by atoms with E-state index in [2.05, 4.69) is 4.98 Å². The van der Waals surface area contributed by atoms with E-state index in [0.29, 0.717) is 12.3 Å². The maximum atomic E-state index is 13.8. The van der Waals surface area contributed by atoms with Crippen LogP contribution < -0.4 is 4.74 Å². The molecule has 2 aliphatic rings. The van der Waals surface area contributed by atoms with E-state index >= 15 is 0 Å². The molecule has 1 aromatic rings. The second-order valence-corrected chi connectivity index (χ2v) is 7.37. The maximum Gasteiger partial charge on any atom is 0.248 e. The highest BCUT2D eigenvalue weighted by molar-refractivity contribution is 5.22. The number of pyridine rings is 1. The van der Waals surface area contributed by atoms with Crippen LogP contribution in [0.1, 0.15) is 69.8 Å². The topological polar surface area (TPSA) is 22.1 Å². The summed E-state index contributed by atoms with van der Waals surface area (Å²) < 4.78 is 33.6. The van der Waals surface area contributed by atoms with E-state index in [4.69, 9.17) is 4.74 Å². The van der Waals surface area contributed by atoms with Crippen LogP contribution in [0, 0.1) is 12.8 Å². The predicted octanol–water partition coefficient (Wildman–Crippen LogP) is 6.20. The molecule has 3 rings (SSSR count). The fourth-order valence-electron chi connectivity index (χ4n) is 3.60. The van der Waals surface area contributed by atoms with Crippen molar-refractivity contribution in [2.45, 2.75) is 77.1 Å². The van der Waals surface area contributed by atoms with Gasteiger partial charge in [0.05, 0.1) is 0 Å². The number of rotatable bonds is 5. The lowest BCUT2D eigenvalue weighted by atomic mass is 9.87. The van der Waals surface area contributed by atoms with Gasteiger partial charge in [-0.3, -0.25) is 0 Å². The first kappa shape index (κ1) is 17.4. The lowest BCUT2D eigenvalue weighted by molar-refractivity contribution is -0.0260. The van der Waals surface area contributed by atoms with Crippen LogP contribution >= 0.6 is 0 Å². The smallest absolute Gasteiger partial charge is 0.248 e. The third-order valence-corrected chi connectivity index (χ3v) is 5.24. The number of hydrogen-bond donors (Lipinski definition) is 0. The monoisotopic (exact) mass is 335 g/mol. The molecule has 0 saturated heterocycles. The zero-order chi connectivity index (χ0) is 17.0. The van der Waals surface area contributed by atoms with E-state index in [-0.39, 0.29) is 18.8 Å². The van der Waals surface area contributed by atoms with Crippen molar-refractivity contribution in [2.75, 3.05) is 0 Å². The Morgan fingerprint density at radius 1 is 1.25 bits per heavy atom. The molecule has 1 unspecified atom stereocenters. The lowest BCUT2D eigenvalue weighted by Gasteiger charge is -2.24. The Kier molecular flexibility index (Phi) is 5.52. The van der Waals surface area contributed by atoms with Crippen LogP contribution in [-0.4, -0.2) is 10.9 Å². The predicted molar refractivity (Wildman–Crippen MR) is 91.2 cm³/mol. The lowest BCUT2D eigenvalue weighted by Crippen LogP contribution is -2.19. The number of allylic oxidation sites excluding steroid dienone is 2. The first-order chi connectivity index (χ1) is 11.5. The molecule has 1 atom stereocenters. The van der Waals surface area contributed by atoms with Crippen LogP contribution in [0.5, 0.6) is 5.88 Å². The average molecular weight is 335 g/mol. The molecule has 1 heterocycles. The third kappa shape index (κ3) is 4.78. The molecule has 2 nitrogen and oxygen atoms in total. The van der Waals surface area contributed by atoms with Gasteiger partial charge >= 0.3 is 0 Å². The van der Waals surface area contributed by atoms with Gasteiger partial charge in [-0.05, 0) is 56.1 Å². The molecule has 1 aromatic heterocycles. The fourth-order valence-corrected chi connectivity index (χ4v) is 3.60. The molecular formula is C20H27F2NO. The van der Waals surface area contributed by atoms with E-state index in [1.165, 1.54) is 12.0 Å². The van der Waals surface area contributed by atoms with Crippen LogP contribution in [0.3, 0.4) is 0 Å². The van der Waals surface area contributed by atoms with E-state index < -0.39 is 5.92 Å². The number of ether oxygens (including phenoxy) is 1. The Morgan fingerprint density at radius 3 is 2.75 bits per heavy atom. The molecule has 0 aromatic carbocycles. The average Bonchev–Trinajstić information content (AvgIpc) is 2.65. The van der Waals surface area contributed by atoms with Crippen LogP contribution in [0.15, 0.2) is 29.7 Å². The zero-order valence-electron chi connectivity index (χ0n) is 14.5. The summed E-state index contributed by atoms with van der Waals surface area (Å²) in [5.74, 6) is -0.788. The van der Waals surface area contributed by atoms with Crippen molar-refractivity contribution in [1.29, 1.82) is 0 Å². The summed E-state index contributed by atoms with van der Waals surface area (Å²) >= 11 is 0. The van der Waals surface area contributed by atoms with E-state index in [1.54, 1.807) is 6.20 Å². The van der Waals surface area contributed by atoms with Gasteiger partial charge in [0.25, 0.3) is 0 Å². The van der Waals surface area contributed by atoms with Gasteiger partial charge in [-0.15, -0.1) is 0 Å². The summed E-state index contributed by atoms with van der Waals surface area (Å²) in [4.78, 5) is 4.32. The minimum atomic E-state index is -2.48. The van der Waals surface area contributed by atoms with Gasteiger partial charge in [0, 0.05) is 31.5 Å². The second kappa shape index (κ2) is 7.62. The Morgan fingerprint density at radius 2 is 2.08 bits per heavy atom. The Hall–Kier alpha value is -1.45. The second-order valence-electron chi connectivity index (χ2n) is 7.37. The first-order valence-electron chi connectivity index (χ1n) is 9.21. The summed E-state index contributed by atoms with van der Waals surface area (Å²) in [7, 11) is 0. The van der Waals surface area contributed by atoms with Crippen LogP contribution in [0.25, 0.3) is 0 Å². The van der Waals surface area contributed by atoms with Crippen LogP contribution in [-0.2, 0) is 0 Å². The molecule has 0 spiro atoms. The largest absolute Gasteiger partial charge is 0.443 e. The van der Waals surface area contributed by atoms with Crippen molar-refractivity contribution in [1.82, 2.24) is 4.98 Å². The zero-order valence-corrected chi connectivity index (χ0v) is 14.5. The Balaban J connectivity index is 1.62. The minimum Gasteiger partial charge on any atom is -0.443 e. The van der Waals surface area contributed by atoms with Gasteiger partial charge in [0.2, 0.25) is 11.8 Å². The van der Waals surface area contributed by atoms with E-state index in [1.807, 2.05) is 19.1 Å². The first-order valence-corrected chi connectivity index (χ1v) is 9.21. The standard InChI is InChI=1S/C20H27F2NO/c1-15-8-11-19(23-14-15)24-18(17-6-4-7-17)10-9-16-5-2-3-12-20(21,22)13-16/h8,11,14,16H,2-7,9-10,12-13H2,1H3. The summed E-state index contributed by atoms with van der Waals surface area (Å²) in [6, 6.07) is 3.87. The molecule has 24 heavy (non-hydrogen) atoms. The van der Waals surface area contributed by atoms with Gasteiger partial charge in [0.1, 0.15) is 5.76 Å². The summed E-state index contributed by atoms with van der Waals surface area (Å²) in [6.45, 7) is 1.99. The molecule has 2 aliphatic carbocycles. The number of aryl methyl sites for hydroxylation is 1. The van der Waals surface area contributed by atoms with Gasteiger partial charge in [0.15, 0.2) is 0 Å². The van der Waals surface area contributed by atoms with Crippen molar-refractivity contribution >= 4 is 0 Å². The minimum absolute atomic E-state index is 0.0401. The normalized spacial score (nSPS) is 23.3. The molecule has 0 radical (unpaired) electrons. The molecule has 4 heteroatoms. The summed E-state index contributed by atoms with van der Waals surface area (Å²) in [5, 5.41) is 0. The summed E-state index contributed by atoms with van der Waals surface area (Å²) in [5.41, 5.74) is 2.44. The highest BCUT2D eigenvalue weighted by Crippen LogP contribution is 2.39. The molecule has 0 aliphatic heterocycles. The number of nitrogens with zero attached hydrogens (tertiary/aromatic N) is 1. The van der Waals surface area contributed by atoms with Crippen LogP contribution in [0.2, 0.25) is 0 Å². The quantitative estimate of drug-likeness (QED) is 0.472. The maximum absolute atomic E-state index is 13.8. The SMILES string of the molecule is Cc1ccc(OC(CCC2CCCCC(F)(F)C2)=C2CCC2)nc1. The van der Waals surface area contributed by atoms with Crippen molar-refractivity contribution in [2.24, 2.45) is 5.92 Å². The van der Waals surface area contributed by atoms with Crippen molar-refractivity contribution in [3.05, 3.63) is 35.2 Å². The molecule has 0 N–H and O–H groups in total. The van der Waals surface area contributed by atoms with Gasteiger partial charge in [-0.2, -0.15) is 0 Å². The molecule has 132 valence electrons. The number of aromatic nitrogens is 1. The van der Waals surface area contributed by atoms with Crippen molar-refractivity contribution in [3.63, 3.8) is 0 Å². The van der Waals surface area contributed by atoms with Crippen molar-refractivity contribution < 1.29 is 13.5 Å². The number of alkyl halides is 2. The van der Waals surface area contributed by atoms with Gasteiger partial charge in [-0.25, -0.2) is 13.8 Å². The molecule has 0 bridgehead atoms.